The Labute approximate surface area is 141 Å². The third-order valence-corrected chi connectivity index (χ3v) is 6.54. The van der Waals surface area contributed by atoms with E-state index in [9.17, 15) is 8.42 Å². The molecule has 9 heteroatoms. The maximum absolute atomic E-state index is 12.5. The molecule has 2 heterocycles. The molecule has 0 saturated heterocycles. The van der Waals surface area contributed by atoms with Crippen molar-refractivity contribution in [1.29, 1.82) is 0 Å². The standard InChI is InChI=1S/C12H15BrClN3O2S2/c1-16(7-11-5-10(13)9-20-11)21(18,19)12-6-15-17(8-12)4-2-3-14/h5-6,8-9H,2-4,7H2,1H3. The highest BCUT2D eigenvalue weighted by atomic mass is 79.9. The quantitative estimate of drug-likeness (QED) is 0.656. The van der Waals surface area contributed by atoms with Gasteiger partial charge < -0.3 is 0 Å². The molecule has 0 aliphatic carbocycles. The lowest BCUT2D eigenvalue weighted by atomic mass is 10.5. The van der Waals surface area contributed by atoms with Gasteiger partial charge in [0.1, 0.15) is 4.90 Å². The number of nitrogens with zero attached hydrogens (tertiary/aromatic N) is 3. The first-order chi connectivity index (χ1) is 9.93. The highest BCUT2D eigenvalue weighted by Gasteiger charge is 2.23. The minimum absolute atomic E-state index is 0.204. The van der Waals surface area contributed by atoms with E-state index in [-0.39, 0.29) is 4.90 Å². The van der Waals surface area contributed by atoms with E-state index in [1.165, 1.54) is 21.8 Å². The summed E-state index contributed by atoms with van der Waals surface area (Å²) in [6.45, 7) is 0.950. The number of rotatable bonds is 7. The van der Waals surface area contributed by atoms with Crippen molar-refractivity contribution in [3.63, 3.8) is 0 Å². The van der Waals surface area contributed by atoms with E-state index in [4.69, 9.17) is 11.6 Å². The van der Waals surface area contributed by atoms with Crippen LogP contribution in [0.15, 0.2) is 33.2 Å². The van der Waals surface area contributed by atoms with Gasteiger partial charge in [-0.3, -0.25) is 4.68 Å². The Bertz CT molecular complexity index is 699. The van der Waals surface area contributed by atoms with Gasteiger partial charge in [-0.05, 0) is 28.4 Å². The van der Waals surface area contributed by atoms with Crippen LogP contribution in [0.25, 0.3) is 0 Å². The van der Waals surface area contributed by atoms with Gasteiger partial charge in [0.15, 0.2) is 0 Å². The van der Waals surface area contributed by atoms with Crippen LogP contribution in [-0.4, -0.2) is 35.4 Å². The van der Waals surface area contributed by atoms with Crippen molar-refractivity contribution in [2.45, 2.75) is 24.4 Å². The Kier molecular flexibility index (Phi) is 5.84. The molecule has 0 N–H and O–H groups in total. The summed E-state index contributed by atoms with van der Waals surface area (Å²) in [4.78, 5) is 1.18. The molecule has 0 aliphatic heterocycles. The van der Waals surface area contributed by atoms with Gasteiger partial charge in [-0.2, -0.15) is 9.40 Å². The van der Waals surface area contributed by atoms with Gasteiger partial charge in [0, 0.05) is 46.9 Å². The molecule has 21 heavy (non-hydrogen) atoms. The average Bonchev–Trinajstić information content (AvgIpc) is 3.06. The van der Waals surface area contributed by atoms with Gasteiger partial charge in [-0.25, -0.2) is 8.42 Å². The SMILES string of the molecule is CN(Cc1cc(Br)cs1)S(=O)(=O)c1cnn(CCCCl)c1. The second kappa shape index (κ2) is 7.23. The highest BCUT2D eigenvalue weighted by Crippen LogP contribution is 2.23. The molecule has 0 amide bonds. The zero-order chi connectivity index (χ0) is 15.5. The molecule has 0 unspecified atom stereocenters. The van der Waals surface area contributed by atoms with Crippen molar-refractivity contribution < 1.29 is 8.42 Å². The molecule has 2 aromatic heterocycles. The summed E-state index contributed by atoms with van der Waals surface area (Å²) in [6.07, 6.45) is 3.68. The fourth-order valence-electron chi connectivity index (χ4n) is 1.74. The number of thiophene rings is 1. The molecule has 0 saturated carbocycles. The van der Waals surface area contributed by atoms with Crippen molar-refractivity contribution in [3.8, 4) is 0 Å². The largest absolute Gasteiger partial charge is 0.271 e. The molecule has 0 spiro atoms. The van der Waals surface area contributed by atoms with Gasteiger partial charge in [0.2, 0.25) is 10.0 Å². The minimum atomic E-state index is -3.52. The monoisotopic (exact) mass is 411 g/mol. The second-order valence-electron chi connectivity index (χ2n) is 4.47. The van der Waals surface area contributed by atoms with Crippen LogP contribution in [0.5, 0.6) is 0 Å². The average molecular weight is 413 g/mol. The van der Waals surface area contributed by atoms with Gasteiger partial charge >= 0.3 is 0 Å². The number of hydrogen-bond acceptors (Lipinski definition) is 4. The van der Waals surface area contributed by atoms with E-state index in [0.29, 0.717) is 19.0 Å². The topological polar surface area (TPSA) is 55.2 Å². The van der Waals surface area contributed by atoms with Crippen molar-refractivity contribution in [3.05, 3.63) is 33.2 Å². The van der Waals surface area contributed by atoms with E-state index in [2.05, 4.69) is 21.0 Å². The van der Waals surface area contributed by atoms with Crippen molar-refractivity contribution >= 4 is 48.9 Å². The van der Waals surface area contributed by atoms with Crippen LogP contribution < -0.4 is 0 Å². The molecule has 0 aliphatic rings. The summed E-state index contributed by atoms with van der Waals surface area (Å²) in [7, 11) is -1.96. The number of sulfonamides is 1. The Morgan fingerprint density at radius 3 is 2.90 bits per heavy atom. The van der Waals surface area contributed by atoms with Crippen LogP contribution in [0, 0.1) is 0 Å². The Balaban J connectivity index is 2.11. The first-order valence-corrected chi connectivity index (χ1v) is 9.86. The summed E-state index contributed by atoms with van der Waals surface area (Å²) in [5.74, 6) is 0.523. The lowest BCUT2D eigenvalue weighted by Crippen LogP contribution is -2.25. The first kappa shape index (κ1) is 17.0. The third-order valence-electron chi connectivity index (χ3n) is 2.84. The molecule has 0 radical (unpaired) electrons. The molecule has 0 aromatic carbocycles. The summed E-state index contributed by atoms with van der Waals surface area (Å²) in [5, 5.41) is 5.99. The lowest BCUT2D eigenvalue weighted by molar-refractivity contribution is 0.469. The minimum Gasteiger partial charge on any atom is -0.271 e. The molecule has 116 valence electrons. The highest BCUT2D eigenvalue weighted by molar-refractivity contribution is 9.10. The summed E-state index contributed by atoms with van der Waals surface area (Å²) in [6, 6.07) is 1.92. The maximum atomic E-state index is 12.5. The van der Waals surface area contributed by atoms with Crippen LogP contribution in [0.1, 0.15) is 11.3 Å². The zero-order valence-electron chi connectivity index (χ0n) is 11.4. The Hall–Kier alpha value is -0.410. The predicted octanol–water partition coefficient (Wildman–Crippen LogP) is 3.16. The fraction of sp³-hybridized carbons (Fsp3) is 0.417. The van der Waals surface area contributed by atoms with Crippen LogP contribution >= 0.6 is 38.9 Å². The number of hydrogen-bond donors (Lipinski definition) is 0. The van der Waals surface area contributed by atoms with Crippen LogP contribution in [-0.2, 0) is 23.1 Å². The van der Waals surface area contributed by atoms with Gasteiger partial charge in [0.25, 0.3) is 0 Å². The fourth-order valence-corrected chi connectivity index (χ4v) is 4.55. The van der Waals surface area contributed by atoms with Crippen LogP contribution in [0.2, 0.25) is 0 Å². The molecule has 0 fully saturated rings. The van der Waals surface area contributed by atoms with Crippen LogP contribution in [0.4, 0.5) is 0 Å². The predicted molar refractivity (Wildman–Crippen MR) is 88.2 cm³/mol. The smallest absolute Gasteiger partial charge is 0.246 e. The van der Waals surface area contributed by atoms with E-state index < -0.39 is 10.0 Å². The molecule has 2 rings (SSSR count). The normalized spacial score (nSPS) is 12.2. The third kappa shape index (κ3) is 4.29. The van der Waals surface area contributed by atoms with Gasteiger partial charge in [0.05, 0.1) is 6.20 Å². The van der Waals surface area contributed by atoms with Crippen molar-refractivity contribution in [1.82, 2.24) is 14.1 Å². The number of alkyl halides is 1. The molecule has 0 bridgehead atoms. The molecule has 2 aromatic rings. The molecule has 5 nitrogen and oxygen atoms in total. The summed E-state index contributed by atoms with van der Waals surface area (Å²) in [5.41, 5.74) is 0. The van der Waals surface area contributed by atoms with E-state index in [0.717, 1.165) is 15.8 Å². The number of halogens is 2. The van der Waals surface area contributed by atoms with Crippen molar-refractivity contribution in [2.24, 2.45) is 0 Å². The lowest BCUT2D eigenvalue weighted by Gasteiger charge is -2.14. The maximum Gasteiger partial charge on any atom is 0.246 e. The van der Waals surface area contributed by atoms with Gasteiger partial charge in [-0.15, -0.1) is 22.9 Å². The summed E-state index contributed by atoms with van der Waals surface area (Å²) >= 11 is 10.5. The number of aryl methyl sites for hydroxylation is 1. The Morgan fingerprint density at radius 1 is 1.52 bits per heavy atom. The van der Waals surface area contributed by atoms with E-state index in [1.54, 1.807) is 17.9 Å². The number of aromatic nitrogens is 2. The van der Waals surface area contributed by atoms with E-state index in [1.807, 2.05) is 11.4 Å². The molecular weight excluding hydrogens is 398 g/mol. The van der Waals surface area contributed by atoms with Crippen molar-refractivity contribution in [2.75, 3.05) is 12.9 Å². The zero-order valence-corrected chi connectivity index (χ0v) is 15.3. The molecular formula is C12H15BrClN3O2S2. The summed E-state index contributed by atoms with van der Waals surface area (Å²) < 4.78 is 28.8. The second-order valence-corrected chi connectivity index (χ2v) is 8.81. The van der Waals surface area contributed by atoms with Crippen LogP contribution in [0.3, 0.4) is 0 Å². The first-order valence-electron chi connectivity index (χ1n) is 6.21. The molecule has 0 atom stereocenters. The van der Waals surface area contributed by atoms with Gasteiger partial charge in [-0.1, -0.05) is 0 Å². The van der Waals surface area contributed by atoms with E-state index >= 15 is 0 Å². The Morgan fingerprint density at radius 2 is 2.29 bits per heavy atom.